The van der Waals surface area contributed by atoms with Crippen molar-refractivity contribution in [2.75, 3.05) is 30.8 Å². The number of aliphatic hydroxyl groups is 1. The zero-order valence-corrected chi connectivity index (χ0v) is 20.3. The fraction of sp³-hybridized carbons (Fsp3) is 0.565. The highest BCUT2D eigenvalue weighted by Crippen LogP contribution is 2.39. The molecule has 9 heteroatoms. The minimum Gasteiger partial charge on any atom is -0.390 e. The second kappa shape index (κ2) is 9.25. The summed E-state index contributed by atoms with van der Waals surface area (Å²) in [6, 6.07) is 2.26. The van der Waals surface area contributed by atoms with Crippen LogP contribution in [0.25, 0.3) is 20.8 Å². The zero-order valence-electron chi connectivity index (χ0n) is 19.5. The lowest BCUT2D eigenvalue weighted by Gasteiger charge is -2.25. The smallest absolute Gasteiger partial charge is 0.224 e. The number of aromatic nitrogens is 4. The maximum atomic E-state index is 10.5. The third kappa shape index (κ3) is 4.84. The molecule has 8 nitrogen and oxygen atoms in total. The molecule has 0 amide bonds. The summed E-state index contributed by atoms with van der Waals surface area (Å²) in [6.07, 6.45) is 4.74. The zero-order chi connectivity index (χ0) is 22.9. The van der Waals surface area contributed by atoms with Gasteiger partial charge in [-0.2, -0.15) is 4.98 Å². The van der Waals surface area contributed by atoms with Crippen LogP contribution in [0.3, 0.4) is 0 Å². The summed E-state index contributed by atoms with van der Waals surface area (Å²) in [5, 5.41) is 21.5. The van der Waals surface area contributed by atoms with Gasteiger partial charge in [0, 0.05) is 25.3 Å². The van der Waals surface area contributed by atoms with Gasteiger partial charge in [-0.1, -0.05) is 0 Å². The summed E-state index contributed by atoms with van der Waals surface area (Å²) in [6.45, 7) is 9.37. The van der Waals surface area contributed by atoms with Gasteiger partial charge in [0.1, 0.15) is 16.3 Å². The van der Waals surface area contributed by atoms with Crippen LogP contribution in [0.5, 0.6) is 0 Å². The SMILES string of the molecule is CNCCNc1nc(C)c(-c2nc3c(C)nccc3s2)c(NC2CCC(C(C)(C)O)C2)n1. The van der Waals surface area contributed by atoms with Crippen LogP contribution in [-0.4, -0.2) is 56.8 Å². The van der Waals surface area contributed by atoms with Crippen LogP contribution in [0, 0.1) is 19.8 Å². The molecule has 0 spiro atoms. The van der Waals surface area contributed by atoms with Gasteiger partial charge in [0.15, 0.2) is 0 Å². The molecule has 172 valence electrons. The van der Waals surface area contributed by atoms with E-state index < -0.39 is 5.60 Å². The second-order valence-corrected chi connectivity index (χ2v) is 10.2. The Morgan fingerprint density at radius 1 is 1.12 bits per heavy atom. The van der Waals surface area contributed by atoms with E-state index in [9.17, 15) is 5.11 Å². The van der Waals surface area contributed by atoms with Crippen molar-refractivity contribution in [3.05, 3.63) is 23.7 Å². The van der Waals surface area contributed by atoms with Crippen molar-refractivity contribution in [1.29, 1.82) is 0 Å². The monoisotopic (exact) mass is 455 g/mol. The van der Waals surface area contributed by atoms with Gasteiger partial charge in [0.2, 0.25) is 5.95 Å². The highest BCUT2D eigenvalue weighted by atomic mass is 32.1. The molecule has 1 saturated carbocycles. The van der Waals surface area contributed by atoms with E-state index in [1.807, 2.05) is 47.0 Å². The molecule has 0 aromatic carbocycles. The first-order valence-electron chi connectivity index (χ1n) is 11.2. The first kappa shape index (κ1) is 22.8. The Morgan fingerprint density at radius 2 is 1.94 bits per heavy atom. The number of likely N-dealkylation sites (N-methyl/N-ethyl adjacent to an activating group) is 1. The van der Waals surface area contributed by atoms with Crippen LogP contribution in [-0.2, 0) is 0 Å². The van der Waals surface area contributed by atoms with Crippen molar-refractivity contribution < 1.29 is 5.11 Å². The van der Waals surface area contributed by atoms with Crippen LogP contribution in [0.15, 0.2) is 12.3 Å². The molecule has 4 N–H and O–H groups in total. The summed E-state index contributed by atoms with van der Waals surface area (Å²) < 4.78 is 1.11. The molecule has 1 aliphatic carbocycles. The van der Waals surface area contributed by atoms with E-state index in [1.54, 1.807) is 11.3 Å². The van der Waals surface area contributed by atoms with Crippen molar-refractivity contribution in [3.8, 4) is 10.6 Å². The van der Waals surface area contributed by atoms with E-state index in [-0.39, 0.29) is 12.0 Å². The standard InChI is InChI=1S/C23H33N7OS/c1-13-18(21-29-19-14(2)25-9-8-17(19)32-21)20(30-22(27-13)26-11-10-24-5)28-16-7-6-15(12-16)23(3,4)31/h8-9,15-16,24,31H,6-7,10-12H2,1-5H3,(H2,26,27,28,30). The lowest BCUT2D eigenvalue weighted by molar-refractivity contribution is 0.0197. The number of nitrogens with zero attached hydrogens (tertiary/aromatic N) is 4. The van der Waals surface area contributed by atoms with Crippen LogP contribution < -0.4 is 16.0 Å². The quantitative estimate of drug-likeness (QED) is 0.381. The number of thiazole rings is 1. The summed E-state index contributed by atoms with van der Waals surface area (Å²) in [7, 11) is 1.92. The topological polar surface area (TPSA) is 108 Å². The highest BCUT2D eigenvalue weighted by Gasteiger charge is 2.35. The molecule has 0 radical (unpaired) electrons. The molecule has 0 aliphatic heterocycles. The normalized spacial score (nSPS) is 18.9. The Bertz CT molecular complexity index is 1090. The van der Waals surface area contributed by atoms with Crippen molar-refractivity contribution in [2.45, 2.75) is 58.6 Å². The number of aryl methyl sites for hydroxylation is 2. The van der Waals surface area contributed by atoms with Crippen LogP contribution in [0.1, 0.15) is 44.5 Å². The van der Waals surface area contributed by atoms with E-state index in [0.717, 1.165) is 70.3 Å². The lowest BCUT2D eigenvalue weighted by atomic mass is 9.89. The van der Waals surface area contributed by atoms with E-state index in [4.69, 9.17) is 15.0 Å². The number of hydrogen-bond acceptors (Lipinski definition) is 9. The van der Waals surface area contributed by atoms with Crippen LogP contribution in [0.4, 0.5) is 11.8 Å². The number of anilines is 2. The van der Waals surface area contributed by atoms with E-state index in [0.29, 0.717) is 5.95 Å². The maximum absolute atomic E-state index is 10.5. The number of rotatable bonds is 8. The first-order chi connectivity index (χ1) is 15.3. The molecule has 1 fully saturated rings. The van der Waals surface area contributed by atoms with Gasteiger partial charge in [-0.25, -0.2) is 9.97 Å². The Labute approximate surface area is 193 Å². The van der Waals surface area contributed by atoms with Crippen LogP contribution in [0.2, 0.25) is 0 Å². The Balaban J connectivity index is 1.70. The Hall–Kier alpha value is -2.36. The van der Waals surface area contributed by atoms with Crippen molar-refractivity contribution in [3.63, 3.8) is 0 Å². The molecule has 1 aliphatic rings. The molecule has 2 atom stereocenters. The fourth-order valence-corrected chi connectivity index (χ4v) is 5.46. The Kier molecular flexibility index (Phi) is 6.60. The van der Waals surface area contributed by atoms with Crippen LogP contribution >= 0.6 is 11.3 Å². The lowest BCUT2D eigenvalue weighted by Crippen LogP contribution is -2.30. The Morgan fingerprint density at radius 3 is 2.62 bits per heavy atom. The minimum atomic E-state index is -0.668. The highest BCUT2D eigenvalue weighted by molar-refractivity contribution is 7.21. The summed E-state index contributed by atoms with van der Waals surface area (Å²) in [4.78, 5) is 18.9. The molecular weight excluding hydrogens is 422 g/mol. The third-order valence-electron chi connectivity index (χ3n) is 6.22. The van der Waals surface area contributed by atoms with Gasteiger partial charge in [0.25, 0.3) is 0 Å². The van der Waals surface area contributed by atoms with Gasteiger partial charge in [-0.3, -0.25) is 4.98 Å². The predicted molar refractivity (Wildman–Crippen MR) is 131 cm³/mol. The van der Waals surface area contributed by atoms with Gasteiger partial charge in [-0.15, -0.1) is 11.3 Å². The molecule has 32 heavy (non-hydrogen) atoms. The second-order valence-electron chi connectivity index (χ2n) is 9.15. The average molecular weight is 456 g/mol. The maximum Gasteiger partial charge on any atom is 0.224 e. The van der Waals surface area contributed by atoms with Crippen molar-refractivity contribution in [1.82, 2.24) is 25.3 Å². The van der Waals surface area contributed by atoms with Gasteiger partial charge in [-0.05, 0) is 66.0 Å². The first-order valence-corrected chi connectivity index (χ1v) is 12.1. The molecule has 0 bridgehead atoms. The molecular formula is C23H33N7OS. The molecule has 2 unspecified atom stereocenters. The molecule has 4 rings (SSSR count). The number of pyridine rings is 1. The van der Waals surface area contributed by atoms with E-state index >= 15 is 0 Å². The van der Waals surface area contributed by atoms with Gasteiger partial charge < -0.3 is 21.1 Å². The van der Waals surface area contributed by atoms with Gasteiger partial charge >= 0.3 is 0 Å². The molecule has 0 saturated heterocycles. The molecule has 3 aromatic rings. The van der Waals surface area contributed by atoms with E-state index in [2.05, 4.69) is 20.9 Å². The van der Waals surface area contributed by atoms with Crippen molar-refractivity contribution in [2.24, 2.45) is 5.92 Å². The van der Waals surface area contributed by atoms with Gasteiger partial charge in [0.05, 0.1) is 27.3 Å². The number of fused-ring (bicyclic) bond motifs is 1. The minimum absolute atomic E-state index is 0.252. The predicted octanol–water partition coefficient (Wildman–Crippen LogP) is 3.75. The summed E-state index contributed by atoms with van der Waals surface area (Å²) in [5.74, 6) is 1.69. The summed E-state index contributed by atoms with van der Waals surface area (Å²) >= 11 is 1.64. The number of hydrogen-bond donors (Lipinski definition) is 4. The van der Waals surface area contributed by atoms with Crippen molar-refractivity contribution >= 4 is 33.3 Å². The fourth-order valence-electron chi connectivity index (χ4n) is 4.35. The molecule has 3 heterocycles. The molecule has 3 aromatic heterocycles. The van der Waals surface area contributed by atoms with E-state index in [1.165, 1.54) is 0 Å². The number of nitrogens with one attached hydrogen (secondary N) is 3. The average Bonchev–Trinajstić information content (AvgIpc) is 3.36. The largest absolute Gasteiger partial charge is 0.390 e. The summed E-state index contributed by atoms with van der Waals surface area (Å²) in [5.41, 5.74) is 3.01. The third-order valence-corrected chi connectivity index (χ3v) is 7.26.